The van der Waals surface area contributed by atoms with Crippen molar-refractivity contribution in [1.29, 1.82) is 0 Å². The second kappa shape index (κ2) is 14.0. The third-order valence-electron chi connectivity index (χ3n) is 4.95. The van der Waals surface area contributed by atoms with Crippen molar-refractivity contribution in [3.8, 4) is 0 Å². The first-order chi connectivity index (χ1) is 15.7. The molecule has 0 atom stereocenters. The summed E-state index contributed by atoms with van der Waals surface area (Å²) in [5.74, 6) is -4.43. The highest BCUT2D eigenvalue weighted by molar-refractivity contribution is 6.18. The van der Waals surface area contributed by atoms with Crippen LogP contribution in [0, 0.1) is 5.41 Å². The number of ketones is 1. The molecule has 1 rings (SSSR count). The number of Topliss-reactive ketones (excluding diaryl/α,β-unsaturated/α-hetero) is 1. The van der Waals surface area contributed by atoms with Crippen LogP contribution in [0.4, 0.5) is 0 Å². The highest BCUT2D eigenvalue weighted by Crippen LogP contribution is 2.31. The lowest BCUT2D eigenvalue weighted by molar-refractivity contribution is -0.184. The predicted molar refractivity (Wildman–Crippen MR) is 117 cm³/mol. The van der Waals surface area contributed by atoms with Gasteiger partial charge in [-0.05, 0) is 57.6 Å². The first-order valence-electron chi connectivity index (χ1n) is 11.0. The molecule has 1 aromatic carbocycles. The molecule has 9 heteroatoms. The van der Waals surface area contributed by atoms with Crippen LogP contribution < -0.4 is 0 Å². The van der Waals surface area contributed by atoms with Gasteiger partial charge in [-0.15, -0.1) is 0 Å². The molecule has 9 nitrogen and oxygen atoms in total. The molecule has 0 unspecified atom stereocenters. The van der Waals surface area contributed by atoms with Crippen molar-refractivity contribution in [3.63, 3.8) is 0 Å². The van der Waals surface area contributed by atoms with Crippen LogP contribution in [0.5, 0.6) is 0 Å². The van der Waals surface area contributed by atoms with E-state index >= 15 is 0 Å². The maximum absolute atomic E-state index is 12.7. The van der Waals surface area contributed by atoms with E-state index in [1.165, 1.54) is 0 Å². The van der Waals surface area contributed by atoms with Crippen molar-refractivity contribution in [1.82, 2.24) is 0 Å². The Morgan fingerprint density at radius 1 is 0.758 bits per heavy atom. The lowest BCUT2D eigenvalue weighted by Gasteiger charge is -2.27. The van der Waals surface area contributed by atoms with Gasteiger partial charge in [-0.1, -0.05) is 24.3 Å². The van der Waals surface area contributed by atoms with E-state index in [1.54, 1.807) is 32.9 Å². The number of esters is 3. The van der Waals surface area contributed by atoms with E-state index in [1.807, 2.05) is 12.1 Å². The van der Waals surface area contributed by atoms with Crippen LogP contribution in [0.25, 0.3) is 0 Å². The molecule has 0 aliphatic carbocycles. The van der Waals surface area contributed by atoms with Crippen LogP contribution in [0.3, 0.4) is 0 Å². The zero-order valence-electron chi connectivity index (χ0n) is 19.4. The van der Waals surface area contributed by atoms with Crippen LogP contribution in [0.2, 0.25) is 0 Å². The van der Waals surface area contributed by atoms with Crippen molar-refractivity contribution in [2.75, 3.05) is 19.8 Å². The molecule has 182 valence electrons. The summed E-state index contributed by atoms with van der Waals surface area (Å²) >= 11 is 0. The number of benzene rings is 1. The first-order valence-corrected chi connectivity index (χ1v) is 11.0. The van der Waals surface area contributed by atoms with E-state index in [-0.39, 0.29) is 44.9 Å². The molecule has 0 spiro atoms. The smallest absolute Gasteiger partial charge is 0.335 e. The van der Waals surface area contributed by atoms with Gasteiger partial charge in [0.05, 0.1) is 19.8 Å². The molecule has 0 aliphatic rings. The number of aryl methyl sites for hydroxylation is 2. The quantitative estimate of drug-likeness (QED) is 0.236. The number of hydrogen-bond acceptors (Lipinski definition) is 8. The summed E-state index contributed by atoms with van der Waals surface area (Å²) in [7, 11) is 0. The van der Waals surface area contributed by atoms with Crippen molar-refractivity contribution in [2.45, 2.75) is 59.3 Å². The molecule has 0 heterocycles. The topological polar surface area (TPSA) is 133 Å². The SMILES string of the molecule is CCOC(=O)C(CCc1ccc(CCCC(=O)CC(=O)O)cc1)(C(=O)OCC)C(=O)OCC. The van der Waals surface area contributed by atoms with Crippen LogP contribution >= 0.6 is 0 Å². The standard InChI is InChI=1S/C24H32O9/c1-4-31-21(28)24(22(29)32-5-2,23(30)33-6-3)15-14-18-12-10-17(11-13-18)8-7-9-19(25)16-20(26)27/h10-13H,4-9,14-16H2,1-3H3,(H,26,27). The van der Waals surface area contributed by atoms with E-state index < -0.39 is 35.7 Å². The van der Waals surface area contributed by atoms with Gasteiger partial charge >= 0.3 is 23.9 Å². The molecule has 0 bridgehead atoms. The highest BCUT2D eigenvalue weighted by atomic mass is 16.6. The van der Waals surface area contributed by atoms with Gasteiger partial charge in [0.2, 0.25) is 0 Å². The van der Waals surface area contributed by atoms with Gasteiger partial charge in [0, 0.05) is 6.42 Å². The summed E-state index contributed by atoms with van der Waals surface area (Å²) in [6.45, 7) is 4.70. The number of hydrogen-bond donors (Lipinski definition) is 1. The fourth-order valence-electron chi connectivity index (χ4n) is 3.27. The van der Waals surface area contributed by atoms with Crippen molar-refractivity contribution >= 4 is 29.7 Å². The minimum absolute atomic E-state index is 0.0109. The first kappa shape index (κ1) is 27.8. The summed E-state index contributed by atoms with van der Waals surface area (Å²) in [4.78, 5) is 60.2. The van der Waals surface area contributed by atoms with Crippen LogP contribution in [-0.4, -0.2) is 54.6 Å². The van der Waals surface area contributed by atoms with Gasteiger partial charge in [0.1, 0.15) is 12.2 Å². The molecular weight excluding hydrogens is 432 g/mol. The maximum Gasteiger partial charge on any atom is 0.335 e. The molecule has 0 fully saturated rings. The minimum atomic E-state index is -2.20. The van der Waals surface area contributed by atoms with Crippen molar-refractivity contribution < 1.29 is 43.3 Å². The molecule has 0 amide bonds. The van der Waals surface area contributed by atoms with Gasteiger partial charge in [0.15, 0.2) is 0 Å². The molecule has 1 N–H and O–H groups in total. The summed E-state index contributed by atoms with van der Waals surface area (Å²) in [6, 6.07) is 7.30. The molecule has 0 saturated carbocycles. The molecule has 0 aromatic heterocycles. The average Bonchev–Trinajstić information content (AvgIpc) is 2.75. The normalized spacial score (nSPS) is 10.9. The Morgan fingerprint density at radius 2 is 1.18 bits per heavy atom. The zero-order valence-corrected chi connectivity index (χ0v) is 19.4. The summed E-state index contributed by atoms with van der Waals surface area (Å²) in [5, 5.41) is 8.62. The number of carboxylic acid groups (broad SMARTS) is 1. The number of rotatable bonds is 15. The fraction of sp³-hybridized carbons (Fsp3) is 0.542. The number of carbonyl (C=O) groups excluding carboxylic acids is 4. The van der Waals surface area contributed by atoms with Gasteiger partial charge in [-0.3, -0.25) is 24.0 Å². The lowest BCUT2D eigenvalue weighted by atomic mass is 9.81. The predicted octanol–water partition coefficient (Wildman–Crippen LogP) is 2.66. The van der Waals surface area contributed by atoms with Crippen LogP contribution in [0.1, 0.15) is 57.6 Å². The molecule has 0 aliphatic heterocycles. The summed E-state index contributed by atoms with van der Waals surface area (Å²) < 4.78 is 15.1. The van der Waals surface area contributed by atoms with Gasteiger partial charge in [0.25, 0.3) is 5.41 Å². The Hall–Kier alpha value is -3.23. The summed E-state index contributed by atoms with van der Waals surface area (Å²) in [5.41, 5.74) is -0.470. The third kappa shape index (κ3) is 8.32. The molecule has 1 aromatic rings. The number of carbonyl (C=O) groups is 5. The Morgan fingerprint density at radius 3 is 1.58 bits per heavy atom. The fourth-order valence-corrected chi connectivity index (χ4v) is 3.27. The molecule has 0 saturated heterocycles. The Bertz CT molecular complexity index is 781. The average molecular weight is 465 g/mol. The highest BCUT2D eigenvalue weighted by Gasteiger charge is 2.56. The monoisotopic (exact) mass is 464 g/mol. The second-order valence-electron chi connectivity index (χ2n) is 7.35. The molecular formula is C24H32O9. The van der Waals surface area contributed by atoms with Crippen LogP contribution in [0.15, 0.2) is 24.3 Å². The van der Waals surface area contributed by atoms with Gasteiger partial charge in [-0.2, -0.15) is 0 Å². The third-order valence-corrected chi connectivity index (χ3v) is 4.95. The van der Waals surface area contributed by atoms with E-state index in [9.17, 15) is 24.0 Å². The summed E-state index contributed by atoms with van der Waals surface area (Å²) in [6.07, 6.45) is 0.894. The Balaban J connectivity index is 2.92. The zero-order chi connectivity index (χ0) is 24.9. The number of carboxylic acids is 1. The Labute approximate surface area is 193 Å². The number of ether oxygens (including phenoxy) is 3. The van der Waals surface area contributed by atoms with Crippen molar-refractivity contribution in [2.24, 2.45) is 5.41 Å². The lowest BCUT2D eigenvalue weighted by Crippen LogP contribution is -2.49. The van der Waals surface area contributed by atoms with Gasteiger partial charge in [-0.25, -0.2) is 0 Å². The second-order valence-corrected chi connectivity index (χ2v) is 7.35. The minimum Gasteiger partial charge on any atom is -0.481 e. The largest absolute Gasteiger partial charge is 0.481 e. The van der Waals surface area contributed by atoms with E-state index in [4.69, 9.17) is 19.3 Å². The van der Waals surface area contributed by atoms with E-state index in [0.717, 1.165) is 11.1 Å². The Kier molecular flexibility index (Phi) is 11.8. The maximum atomic E-state index is 12.7. The van der Waals surface area contributed by atoms with Gasteiger partial charge < -0.3 is 19.3 Å². The van der Waals surface area contributed by atoms with E-state index in [2.05, 4.69) is 0 Å². The molecule has 33 heavy (non-hydrogen) atoms. The van der Waals surface area contributed by atoms with Crippen molar-refractivity contribution in [3.05, 3.63) is 35.4 Å². The molecule has 0 radical (unpaired) electrons. The van der Waals surface area contributed by atoms with E-state index in [0.29, 0.717) is 12.8 Å². The number of aliphatic carboxylic acids is 1. The van der Waals surface area contributed by atoms with Crippen LogP contribution in [-0.2, 0) is 51.0 Å².